The predicted molar refractivity (Wildman–Crippen MR) is 165 cm³/mol. The van der Waals surface area contributed by atoms with Crippen molar-refractivity contribution < 1.29 is 23.4 Å². The number of fused-ring (bicyclic) bond motifs is 1. The largest absolute Gasteiger partial charge is 0.486 e. The Morgan fingerprint density at radius 1 is 1.16 bits per heavy atom. The van der Waals surface area contributed by atoms with Crippen LogP contribution >= 0.6 is 23.2 Å². The number of nitrogens with zero attached hydrogens (tertiary/aromatic N) is 5. The third kappa shape index (κ3) is 6.19. The van der Waals surface area contributed by atoms with Crippen LogP contribution in [0.2, 0.25) is 10.0 Å². The quantitative estimate of drug-likeness (QED) is 0.171. The molecule has 2 atom stereocenters. The molecule has 2 N–H and O–H groups in total. The van der Waals surface area contributed by atoms with Gasteiger partial charge >= 0.3 is 5.97 Å². The average molecular weight is 644 g/mol. The SMILES string of the molecule is C[C@@H](Oc1ccc2c(c1)c(-c1cnc(N3CC(C(=O)OC(C)(C)N)C3)c(F)c1)nn2C1CCCCO1)c1c(Cl)cncc1Cl. The van der Waals surface area contributed by atoms with Crippen LogP contribution in [0.1, 0.15) is 57.9 Å². The number of hydrogen-bond donors (Lipinski definition) is 1. The third-order valence-electron chi connectivity index (χ3n) is 7.69. The zero-order valence-electron chi connectivity index (χ0n) is 24.6. The van der Waals surface area contributed by atoms with Gasteiger partial charge in [-0.2, -0.15) is 5.10 Å². The first kappa shape index (κ1) is 30.5. The van der Waals surface area contributed by atoms with Crippen LogP contribution < -0.4 is 15.4 Å². The summed E-state index contributed by atoms with van der Waals surface area (Å²) >= 11 is 12.7. The lowest BCUT2D eigenvalue weighted by atomic mass is 10.00. The second-order valence-corrected chi connectivity index (χ2v) is 12.5. The molecule has 2 fully saturated rings. The Morgan fingerprint density at radius 3 is 2.57 bits per heavy atom. The monoisotopic (exact) mass is 642 g/mol. The van der Waals surface area contributed by atoms with Crippen molar-refractivity contribution in [2.75, 3.05) is 24.6 Å². The molecule has 0 amide bonds. The molecule has 1 aromatic carbocycles. The standard InChI is InChI=1S/C31H33Cl2FN6O4/c1-17(27-22(32)13-36-14-23(27)33)43-20-7-8-25-21(11-20)28(38-40(25)26-6-4-5-9-42-26)18-10-24(34)29(37-12-18)39-15-19(16-39)30(41)44-31(2,3)35/h7-8,10-14,17,19,26H,4-6,9,15-16,35H2,1-3H3/t17-,26?/m1/s1. The van der Waals surface area contributed by atoms with E-state index >= 15 is 4.39 Å². The lowest BCUT2D eigenvalue weighted by Crippen LogP contribution is -2.53. The van der Waals surface area contributed by atoms with Crippen LogP contribution in [0.4, 0.5) is 10.2 Å². The van der Waals surface area contributed by atoms with E-state index in [1.807, 2.05) is 29.8 Å². The van der Waals surface area contributed by atoms with Crippen LogP contribution in [-0.4, -0.2) is 51.1 Å². The van der Waals surface area contributed by atoms with Gasteiger partial charge in [0.1, 0.15) is 17.5 Å². The summed E-state index contributed by atoms with van der Waals surface area (Å²) in [5.41, 5.74) is 7.21. The molecule has 0 radical (unpaired) electrons. The predicted octanol–water partition coefficient (Wildman–Crippen LogP) is 6.45. The fraction of sp³-hybridized carbons (Fsp3) is 0.419. The van der Waals surface area contributed by atoms with Crippen molar-refractivity contribution in [2.24, 2.45) is 11.7 Å². The van der Waals surface area contributed by atoms with Gasteiger partial charge in [0, 0.05) is 54.8 Å². The molecule has 1 unspecified atom stereocenters. The molecule has 13 heteroatoms. The van der Waals surface area contributed by atoms with Gasteiger partial charge in [0.2, 0.25) is 0 Å². The Labute approximate surface area is 264 Å². The Morgan fingerprint density at radius 2 is 1.91 bits per heavy atom. The molecular formula is C31H33Cl2FN6O4. The van der Waals surface area contributed by atoms with Gasteiger partial charge in [0.05, 0.1) is 21.5 Å². The van der Waals surface area contributed by atoms with Crippen LogP contribution in [0.3, 0.4) is 0 Å². The smallest absolute Gasteiger partial charge is 0.314 e. The number of pyridine rings is 2. The summed E-state index contributed by atoms with van der Waals surface area (Å²) in [6, 6.07) is 7.05. The number of benzene rings is 1. The molecule has 2 saturated heterocycles. The first-order valence-electron chi connectivity index (χ1n) is 14.5. The Bertz CT molecular complexity index is 1680. The van der Waals surface area contributed by atoms with Gasteiger partial charge in [-0.3, -0.25) is 15.5 Å². The van der Waals surface area contributed by atoms with E-state index in [-0.39, 0.29) is 12.0 Å². The molecule has 6 rings (SSSR count). The molecule has 0 aliphatic carbocycles. The molecule has 232 valence electrons. The topological polar surface area (TPSA) is 118 Å². The first-order valence-corrected chi connectivity index (χ1v) is 15.3. The van der Waals surface area contributed by atoms with Crippen LogP contribution in [0.25, 0.3) is 22.2 Å². The van der Waals surface area contributed by atoms with Crippen molar-refractivity contribution in [3.63, 3.8) is 0 Å². The van der Waals surface area contributed by atoms with Crippen molar-refractivity contribution in [2.45, 2.75) is 58.1 Å². The summed E-state index contributed by atoms with van der Waals surface area (Å²) in [5, 5.41) is 6.47. The Kier molecular flexibility index (Phi) is 8.40. The van der Waals surface area contributed by atoms with E-state index in [0.29, 0.717) is 52.3 Å². The number of carbonyl (C=O) groups excluding carboxylic acids is 1. The number of aromatic nitrogens is 4. The van der Waals surface area contributed by atoms with E-state index in [1.165, 1.54) is 18.5 Å². The summed E-state index contributed by atoms with van der Waals surface area (Å²) in [7, 11) is 0. The molecule has 0 spiro atoms. The lowest BCUT2D eigenvalue weighted by molar-refractivity contribution is -0.161. The second kappa shape index (κ2) is 12.1. The van der Waals surface area contributed by atoms with E-state index in [0.717, 1.165) is 30.2 Å². The van der Waals surface area contributed by atoms with Crippen LogP contribution in [0, 0.1) is 11.7 Å². The second-order valence-electron chi connectivity index (χ2n) is 11.7. The minimum Gasteiger partial charge on any atom is -0.486 e. The van der Waals surface area contributed by atoms with Crippen LogP contribution in [0.15, 0.2) is 42.9 Å². The molecule has 0 saturated carbocycles. The maximum atomic E-state index is 15.5. The molecule has 44 heavy (non-hydrogen) atoms. The zero-order chi connectivity index (χ0) is 31.2. The van der Waals surface area contributed by atoms with E-state index < -0.39 is 29.5 Å². The van der Waals surface area contributed by atoms with Gasteiger partial charge in [-0.25, -0.2) is 14.1 Å². The Balaban J connectivity index is 1.30. The van der Waals surface area contributed by atoms with Gasteiger partial charge in [0.25, 0.3) is 0 Å². The normalized spacial score (nSPS) is 18.2. The third-order valence-corrected chi connectivity index (χ3v) is 8.29. The summed E-state index contributed by atoms with van der Waals surface area (Å²) in [6.45, 7) is 6.29. The van der Waals surface area contributed by atoms with E-state index in [9.17, 15) is 4.79 Å². The fourth-order valence-electron chi connectivity index (χ4n) is 5.55. The van der Waals surface area contributed by atoms with Crippen molar-refractivity contribution >= 4 is 45.9 Å². The van der Waals surface area contributed by atoms with Gasteiger partial charge < -0.3 is 19.1 Å². The van der Waals surface area contributed by atoms with E-state index in [1.54, 1.807) is 24.9 Å². The van der Waals surface area contributed by atoms with Gasteiger partial charge in [-0.05, 0) is 64.3 Å². The number of halogens is 3. The van der Waals surface area contributed by atoms with Crippen molar-refractivity contribution in [1.82, 2.24) is 19.7 Å². The molecule has 3 aromatic heterocycles. The number of carbonyl (C=O) groups is 1. The molecule has 2 aliphatic heterocycles. The number of anilines is 1. The van der Waals surface area contributed by atoms with Crippen molar-refractivity contribution in [3.8, 4) is 17.0 Å². The van der Waals surface area contributed by atoms with E-state index in [4.69, 9.17) is 48.2 Å². The minimum absolute atomic E-state index is 0.160. The van der Waals surface area contributed by atoms with Crippen LogP contribution in [-0.2, 0) is 14.3 Å². The molecular weight excluding hydrogens is 610 g/mol. The van der Waals surface area contributed by atoms with Crippen molar-refractivity contribution in [1.29, 1.82) is 0 Å². The maximum absolute atomic E-state index is 15.5. The molecule has 0 bridgehead atoms. The minimum atomic E-state index is -1.07. The Hall–Kier alpha value is -3.51. The van der Waals surface area contributed by atoms with Crippen LogP contribution in [0.5, 0.6) is 5.75 Å². The summed E-state index contributed by atoms with van der Waals surface area (Å²) in [6.07, 6.45) is 6.76. The number of ether oxygens (including phenoxy) is 3. The summed E-state index contributed by atoms with van der Waals surface area (Å²) in [4.78, 5) is 22.5. The van der Waals surface area contributed by atoms with Gasteiger partial charge in [0.15, 0.2) is 23.6 Å². The molecule has 10 nitrogen and oxygen atoms in total. The molecule has 2 aliphatic rings. The first-order chi connectivity index (χ1) is 21.0. The lowest BCUT2D eigenvalue weighted by Gasteiger charge is -2.39. The average Bonchev–Trinajstić information content (AvgIpc) is 3.31. The summed E-state index contributed by atoms with van der Waals surface area (Å²) < 4.78 is 34.9. The van der Waals surface area contributed by atoms with E-state index in [2.05, 4.69) is 9.97 Å². The fourth-order valence-corrected chi connectivity index (χ4v) is 6.22. The highest BCUT2D eigenvalue weighted by molar-refractivity contribution is 6.35. The number of hydrogen-bond acceptors (Lipinski definition) is 9. The molecule has 4 aromatic rings. The van der Waals surface area contributed by atoms with Gasteiger partial charge in [-0.15, -0.1) is 0 Å². The highest BCUT2D eigenvalue weighted by Gasteiger charge is 2.38. The number of rotatable bonds is 8. The maximum Gasteiger partial charge on any atom is 0.314 e. The van der Waals surface area contributed by atoms with Crippen molar-refractivity contribution in [3.05, 3.63) is 64.3 Å². The number of esters is 1. The highest BCUT2D eigenvalue weighted by atomic mass is 35.5. The van der Waals surface area contributed by atoms with Gasteiger partial charge in [-0.1, -0.05) is 23.2 Å². The summed E-state index contributed by atoms with van der Waals surface area (Å²) in [5.74, 6) is -0.607. The number of nitrogens with two attached hydrogens (primary N) is 1. The highest BCUT2D eigenvalue weighted by Crippen LogP contribution is 2.38. The molecule has 5 heterocycles. The zero-order valence-corrected chi connectivity index (χ0v) is 26.1.